The van der Waals surface area contributed by atoms with Crippen LogP contribution in [0.4, 0.5) is 11.4 Å². The summed E-state index contributed by atoms with van der Waals surface area (Å²) in [5.74, 6) is 0.722. The molecule has 0 radical (unpaired) electrons. The Morgan fingerprint density at radius 1 is 0.727 bits per heavy atom. The molecule has 0 atom stereocenters. The monoisotopic (exact) mass is 296 g/mol. The minimum Gasteiger partial charge on any atom is -0.508 e. The summed E-state index contributed by atoms with van der Waals surface area (Å²) in [6.45, 7) is 7.33. The second-order valence-electron chi connectivity index (χ2n) is 6.38. The summed E-state index contributed by atoms with van der Waals surface area (Å²) >= 11 is 0. The Labute approximate surface area is 130 Å². The number of hydrogen-bond acceptors (Lipinski definition) is 4. The third kappa shape index (κ3) is 1.90. The van der Waals surface area contributed by atoms with Crippen LogP contribution in [0.1, 0.15) is 22.3 Å². The summed E-state index contributed by atoms with van der Waals surface area (Å²) in [4.78, 5) is 4.66. The average molecular weight is 296 g/mol. The van der Waals surface area contributed by atoms with E-state index in [1.165, 1.54) is 11.1 Å². The highest BCUT2D eigenvalue weighted by atomic mass is 16.3. The first-order chi connectivity index (χ1) is 10.5. The van der Waals surface area contributed by atoms with Crippen molar-refractivity contribution < 1.29 is 10.2 Å². The molecule has 0 saturated carbocycles. The molecule has 4 nitrogen and oxygen atoms in total. The summed E-state index contributed by atoms with van der Waals surface area (Å²) in [7, 11) is 0. The lowest BCUT2D eigenvalue weighted by Crippen LogP contribution is -2.26. The highest BCUT2D eigenvalue weighted by Crippen LogP contribution is 2.39. The van der Waals surface area contributed by atoms with E-state index < -0.39 is 0 Å². The molecule has 0 aliphatic carbocycles. The van der Waals surface area contributed by atoms with Crippen molar-refractivity contribution >= 4 is 11.4 Å². The minimum absolute atomic E-state index is 0.361. The number of rotatable bonds is 0. The number of anilines is 2. The van der Waals surface area contributed by atoms with Gasteiger partial charge in [-0.05, 0) is 48.2 Å². The Hall–Kier alpha value is -2.36. The smallest absolute Gasteiger partial charge is 0.120 e. The van der Waals surface area contributed by atoms with Crippen molar-refractivity contribution in [2.24, 2.45) is 0 Å². The number of phenols is 2. The molecule has 2 aromatic rings. The standard InChI is InChI=1S/C18H20N2O2/c1-11-5-13-9-19-3-4-20(15(13)7-17(11)21)10-14-6-12(2)18(22)8-16(14)19/h5-8,21-22H,3-4,9-10H2,1-2H3. The van der Waals surface area contributed by atoms with Crippen LogP contribution in [0.25, 0.3) is 0 Å². The second-order valence-corrected chi connectivity index (χ2v) is 6.38. The molecule has 4 heteroatoms. The Kier molecular flexibility index (Phi) is 2.76. The van der Waals surface area contributed by atoms with E-state index in [1.807, 2.05) is 26.0 Å². The van der Waals surface area contributed by atoms with Gasteiger partial charge in [-0.1, -0.05) is 0 Å². The van der Waals surface area contributed by atoms with Gasteiger partial charge in [0.15, 0.2) is 0 Å². The van der Waals surface area contributed by atoms with Crippen molar-refractivity contribution in [2.75, 3.05) is 22.9 Å². The van der Waals surface area contributed by atoms with Crippen LogP contribution in [0.3, 0.4) is 0 Å². The van der Waals surface area contributed by atoms with E-state index in [9.17, 15) is 10.2 Å². The fraction of sp³-hybridized carbons (Fsp3) is 0.333. The molecule has 0 amide bonds. The van der Waals surface area contributed by atoms with Gasteiger partial charge in [-0.3, -0.25) is 0 Å². The maximum absolute atomic E-state index is 10.1. The Morgan fingerprint density at radius 3 is 1.55 bits per heavy atom. The largest absolute Gasteiger partial charge is 0.508 e. The third-order valence-corrected chi connectivity index (χ3v) is 4.84. The maximum Gasteiger partial charge on any atom is 0.120 e. The molecule has 114 valence electrons. The van der Waals surface area contributed by atoms with E-state index >= 15 is 0 Å². The first-order valence-electron chi connectivity index (χ1n) is 7.68. The number of phenolic OH excluding ortho intramolecular Hbond substituents is 2. The number of aromatic hydroxyl groups is 2. The van der Waals surface area contributed by atoms with Crippen LogP contribution >= 0.6 is 0 Å². The molecule has 2 bridgehead atoms. The van der Waals surface area contributed by atoms with Crippen molar-refractivity contribution in [3.8, 4) is 11.5 Å². The molecule has 2 heterocycles. The van der Waals surface area contributed by atoms with E-state index in [0.29, 0.717) is 11.5 Å². The number of nitrogens with zero attached hydrogens (tertiary/aromatic N) is 2. The van der Waals surface area contributed by atoms with Gasteiger partial charge in [-0.2, -0.15) is 0 Å². The predicted octanol–water partition coefficient (Wildman–Crippen LogP) is 3.05. The molecule has 0 aromatic heterocycles. The quantitative estimate of drug-likeness (QED) is 0.784. The summed E-state index contributed by atoms with van der Waals surface area (Å²) in [5.41, 5.74) is 6.54. The van der Waals surface area contributed by atoms with Gasteiger partial charge in [-0.15, -0.1) is 0 Å². The van der Waals surface area contributed by atoms with Gasteiger partial charge in [0.25, 0.3) is 0 Å². The Bertz CT molecular complexity index is 705. The molecule has 0 fully saturated rings. The number of benzene rings is 2. The molecule has 2 aliphatic heterocycles. The van der Waals surface area contributed by atoms with Crippen LogP contribution in [-0.2, 0) is 13.1 Å². The summed E-state index contributed by atoms with van der Waals surface area (Å²) in [5, 5.41) is 20.1. The topological polar surface area (TPSA) is 46.9 Å². The first kappa shape index (κ1) is 13.3. The summed E-state index contributed by atoms with van der Waals surface area (Å²) in [6, 6.07) is 7.95. The zero-order chi connectivity index (χ0) is 15.4. The molecule has 0 saturated heterocycles. The van der Waals surface area contributed by atoms with E-state index in [4.69, 9.17) is 0 Å². The van der Waals surface area contributed by atoms with Crippen molar-refractivity contribution in [3.63, 3.8) is 0 Å². The predicted molar refractivity (Wildman–Crippen MR) is 87.8 cm³/mol. The molecule has 0 unspecified atom stereocenters. The Balaban J connectivity index is 1.88. The van der Waals surface area contributed by atoms with E-state index in [2.05, 4.69) is 21.9 Å². The third-order valence-electron chi connectivity index (χ3n) is 4.84. The molecule has 2 aromatic carbocycles. The Morgan fingerprint density at radius 2 is 1.14 bits per heavy atom. The minimum atomic E-state index is 0.361. The fourth-order valence-corrected chi connectivity index (χ4v) is 3.55. The summed E-state index contributed by atoms with van der Waals surface area (Å²) in [6.07, 6.45) is 0. The zero-order valence-corrected chi connectivity index (χ0v) is 12.9. The van der Waals surface area contributed by atoms with E-state index in [0.717, 1.165) is 48.7 Å². The fourth-order valence-electron chi connectivity index (χ4n) is 3.55. The van der Waals surface area contributed by atoms with Gasteiger partial charge >= 0.3 is 0 Å². The number of hydrogen-bond donors (Lipinski definition) is 2. The van der Waals surface area contributed by atoms with Gasteiger partial charge in [0.05, 0.1) is 0 Å². The van der Waals surface area contributed by atoms with Crippen molar-refractivity contribution in [1.29, 1.82) is 0 Å². The maximum atomic E-state index is 10.1. The molecule has 4 rings (SSSR count). The molecule has 0 spiro atoms. The van der Waals surface area contributed by atoms with Gasteiger partial charge in [0.2, 0.25) is 0 Å². The van der Waals surface area contributed by atoms with Crippen LogP contribution in [0.2, 0.25) is 0 Å². The van der Waals surface area contributed by atoms with Crippen LogP contribution in [0.15, 0.2) is 24.3 Å². The lowest BCUT2D eigenvalue weighted by atomic mass is 10.0. The van der Waals surface area contributed by atoms with Crippen LogP contribution < -0.4 is 9.80 Å². The van der Waals surface area contributed by atoms with E-state index in [1.54, 1.807) is 0 Å². The highest BCUT2D eigenvalue weighted by molar-refractivity contribution is 5.68. The molecule has 2 aliphatic rings. The molecular formula is C18H20N2O2. The van der Waals surface area contributed by atoms with Crippen LogP contribution in [0, 0.1) is 13.8 Å². The van der Waals surface area contributed by atoms with Crippen molar-refractivity contribution in [2.45, 2.75) is 26.9 Å². The van der Waals surface area contributed by atoms with Gasteiger partial charge < -0.3 is 20.0 Å². The summed E-state index contributed by atoms with van der Waals surface area (Å²) < 4.78 is 0. The molecule has 22 heavy (non-hydrogen) atoms. The van der Waals surface area contributed by atoms with E-state index in [-0.39, 0.29) is 0 Å². The lowest BCUT2D eigenvalue weighted by molar-refractivity contribution is 0.470. The SMILES string of the molecule is Cc1cc2c(cc1O)N1CCN(C2)c2cc(O)c(C)cc2C1. The molecular weight excluding hydrogens is 276 g/mol. The second kappa shape index (κ2) is 4.57. The first-order valence-corrected chi connectivity index (χ1v) is 7.68. The normalized spacial score (nSPS) is 16.1. The lowest BCUT2D eigenvalue weighted by Gasteiger charge is -2.28. The van der Waals surface area contributed by atoms with Crippen LogP contribution in [0.5, 0.6) is 11.5 Å². The van der Waals surface area contributed by atoms with Crippen molar-refractivity contribution in [3.05, 3.63) is 46.5 Å². The van der Waals surface area contributed by atoms with Gasteiger partial charge in [-0.25, -0.2) is 0 Å². The van der Waals surface area contributed by atoms with Gasteiger partial charge in [0.1, 0.15) is 11.5 Å². The number of fused-ring (bicyclic) bond motifs is 7. The average Bonchev–Trinajstić information content (AvgIpc) is 2.73. The number of aryl methyl sites for hydroxylation is 2. The highest BCUT2D eigenvalue weighted by Gasteiger charge is 2.27. The van der Waals surface area contributed by atoms with Gasteiger partial charge in [0, 0.05) is 49.7 Å². The molecule has 2 N–H and O–H groups in total. The van der Waals surface area contributed by atoms with Crippen molar-refractivity contribution in [1.82, 2.24) is 0 Å². The zero-order valence-electron chi connectivity index (χ0n) is 12.9. The van der Waals surface area contributed by atoms with Crippen LogP contribution in [-0.4, -0.2) is 23.3 Å².